The molecule has 0 aliphatic rings. The molecule has 2 rings (SSSR count). The molecule has 2 aromatic rings. The second-order valence-electron chi connectivity index (χ2n) is 5.28. The minimum Gasteiger partial charge on any atom is -0.299 e. The summed E-state index contributed by atoms with van der Waals surface area (Å²) < 4.78 is 37.6. The Morgan fingerprint density at radius 3 is 2.00 bits per heavy atom. The van der Waals surface area contributed by atoms with Gasteiger partial charge in [-0.1, -0.05) is 42.5 Å². The predicted octanol–water partition coefficient (Wildman–Crippen LogP) is 4.65. The number of hydrogen-bond donors (Lipinski definition) is 0. The molecule has 0 amide bonds. The van der Waals surface area contributed by atoms with Crippen molar-refractivity contribution in [2.45, 2.75) is 25.4 Å². The largest absolute Gasteiger partial charge is 0.416 e. The normalized spacial score (nSPS) is 12.7. The van der Waals surface area contributed by atoms with Crippen LogP contribution in [0.3, 0.4) is 0 Å². The minimum absolute atomic E-state index is 0.0648. The highest BCUT2D eigenvalue weighted by atomic mass is 19.4. The summed E-state index contributed by atoms with van der Waals surface area (Å²) >= 11 is 0. The van der Waals surface area contributed by atoms with Crippen LogP contribution < -0.4 is 0 Å². The average Bonchev–Trinajstić information content (AvgIpc) is 2.52. The van der Waals surface area contributed by atoms with E-state index in [1.807, 2.05) is 0 Å². The molecule has 0 aromatic heterocycles. The summed E-state index contributed by atoms with van der Waals surface area (Å²) in [5.41, 5.74) is 0.0840. The van der Waals surface area contributed by atoms with Crippen LogP contribution in [-0.2, 0) is 11.0 Å². The topological polar surface area (TPSA) is 34.1 Å². The smallest absolute Gasteiger partial charge is 0.299 e. The summed E-state index contributed by atoms with van der Waals surface area (Å²) in [6, 6.07) is 12.9. The van der Waals surface area contributed by atoms with E-state index in [1.54, 1.807) is 30.3 Å². The van der Waals surface area contributed by atoms with Gasteiger partial charge in [-0.3, -0.25) is 9.59 Å². The number of Topliss-reactive ketones (excluding diaryl/α,β-unsaturated/α-hetero) is 2. The van der Waals surface area contributed by atoms with Crippen molar-refractivity contribution in [1.29, 1.82) is 0 Å². The summed E-state index contributed by atoms with van der Waals surface area (Å²) in [6.45, 7) is 1.40. The third-order valence-electron chi connectivity index (χ3n) is 3.62. The molecule has 0 spiro atoms. The quantitative estimate of drug-likeness (QED) is 0.751. The van der Waals surface area contributed by atoms with E-state index in [4.69, 9.17) is 0 Å². The second kappa shape index (κ2) is 6.77. The van der Waals surface area contributed by atoms with Crippen molar-refractivity contribution in [3.05, 3.63) is 71.3 Å². The molecule has 2 aromatic carbocycles. The van der Waals surface area contributed by atoms with E-state index in [9.17, 15) is 22.8 Å². The van der Waals surface area contributed by atoms with E-state index in [2.05, 4.69) is 0 Å². The molecule has 5 heteroatoms. The van der Waals surface area contributed by atoms with Crippen LogP contribution in [0.25, 0.3) is 0 Å². The first-order chi connectivity index (χ1) is 10.8. The SMILES string of the molecule is CC(=O)C(CC(=O)c1ccc(C(F)(F)F)cc1)c1ccccc1. The zero-order chi connectivity index (χ0) is 17.0. The van der Waals surface area contributed by atoms with Crippen molar-refractivity contribution in [2.24, 2.45) is 0 Å². The van der Waals surface area contributed by atoms with Crippen LogP contribution in [0, 0.1) is 0 Å². The fourth-order valence-corrected chi connectivity index (χ4v) is 2.33. The molecule has 0 heterocycles. The van der Waals surface area contributed by atoms with Crippen LogP contribution in [0.15, 0.2) is 54.6 Å². The maximum absolute atomic E-state index is 12.5. The lowest BCUT2D eigenvalue weighted by molar-refractivity contribution is -0.137. The molecule has 120 valence electrons. The van der Waals surface area contributed by atoms with Crippen molar-refractivity contribution >= 4 is 11.6 Å². The first kappa shape index (κ1) is 16.9. The van der Waals surface area contributed by atoms with Crippen LogP contribution in [-0.4, -0.2) is 11.6 Å². The number of alkyl halides is 3. The number of rotatable bonds is 5. The van der Waals surface area contributed by atoms with Crippen molar-refractivity contribution in [3.8, 4) is 0 Å². The number of ketones is 2. The lowest BCUT2D eigenvalue weighted by Gasteiger charge is -2.14. The molecule has 1 unspecified atom stereocenters. The van der Waals surface area contributed by atoms with E-state index in [1.165, 1.54) is 6.92 Å². The van der Waals surface area contributed by atoms with Gasteiger partial charge in [0.15, 0.2) is 5.78 Å². The summed E-state index contributed by atoms with van der Waals surface area (Å²) in [6.07, 6.45) is -4.50. The molecule has 0 saturated heterocycles. The number of benzene rings is 2. The van der Waals surface area contributed by atoms with Crippen molar-refractivity contribution in [3.63, 3.8) is 0 Å². The van der Waals surface area contributed by atoms with Gasteiger partial charge in [-0.05, 0) is 24.6 Å². The highest BCUT2D eigenvalue weighted by molar-refractivity contribution is 6.00. The monoisotopic (exact) mass is 320 g/mol. The average molecular weight is 320 g/mol. The Morgan fingerprint density at radius 1 is 0.957 bits per heavy atom. The van der Waals surface area contributed by atoms with E-state index < -0.39 is 17.7 Å². The van der Waals surface area contributed by atoms with Gasteiger partial charge in [-0.15, -0.1) is 0 Å². The third kappa shape index (κ3) is 4.28. The van der Waals surface area contributed by atoms with Gasteiger partial charge in [0, 0.05) is 17.9 Å². The van der Waals surface area contributed by atoms with Gasteiger partial charge < -0.3 is 0 Å². The highest BCUT2D eigenvalue weighted by Gasteiger charge is 2.30. The molecule has 0 aliphatic heterocycles. The minimum atomic E-state index is -4.44. The summed E-state index contributed by atoms with van der Waals surface area (Å²) in [7, 11) is 0. The fraction of sp³-hybridized carbons (Fsp3) is 0.222. The Morgan fingerprint density at radius 2 is 1.52 bits per heavy atom. The van der Waals surface area contributed by atoms with E-state index in [0.717, 1.165) is 29.8 Å². The fourth-order valence-electron chi connectivity index (χ4n) is 2.33. The Labute approximate surface area is 131 Å². The number of carbonyl (C=O) groups excluding carboxylic acids is 2. The maximum atomic E-state index is 12.5. The van der Waals surface area contributed by atoms with E-state index >= 15 is 0 Å². The van der Waals surface area contributed by atoms with Crippen LogP contribution in [0.1, 0.15) is 40.7 Å². The zero-order valence-electron chi connectivity index (χ0n) is 12.4. The van der Waals surface area contributed by atoms with Gasteiger partial charge in [0.2, 0.25) is 0 Å². The number of halogens is 3. The Balaban J connectivity index is 2.18. The Kier molecular flexibility index (Phi) is 4.98. The van der Waals surface area contributed by atoms with Gasteiger partial charge >= 0.3 is 6.18 Å². The highest BCUT2D eigenvalue weighted by Crippen LogP contribution is 2.30. The molecular formula is C18H15F3O2. The predicted molar refractivity (Wildman–Crippen MR) is 80.3 cm³/mol. The molecule has 0 fully saturated rings. The molecule has 0 bridgehead atoms. The first-order valence-electron chi connectivity index (χ1n) is 7.05. The second-order valence-corrected chi connectivity index (χ2v) is 5.28. The van der Waals surface area contributed by atoms with Crippen molar-refractivity contribution in [1.82, 2.24) is 0 Å². The molecule has 0 aliphatic carbocycles. The molecular weight excluding hydrogens is 305 g/mol. The van der Waals surface area contributed by atoms with Gasteiger partial charge in [-0.25, -0.2) is 0 Å². The molecule has 0 saturated carbocycles. The van der Waals surface area contributed by atoms with Gasteiger partial charge in [-0.2, -0.15) is 13.2 Å². The van der Waals surface area contributed by atoms with Gasteiger partial charge in [0.1, 0.15) is 5.78 Å². The van der Waals surface area contributed by atoms with E-state index in [-0.39, 0.29) is 23.6 Å². The number of hydrogen-bond acceptors (Lipinski definition) is 2. The molecule has 1 atom stereocenters. The standard InChI is InChI=1S/C18H15F3O2/c1-12(22)16(13-5-3-2-4-6-13)11-17(23)14-7-9-15(10-8-14)18(19,20)21/h2-10,16H,11H2,1H3. The van der Waals surface area contributed by atoms with Crippen LogP contribution in [0.5, 0.6) is 0 Å². The van der Waals surface area contributed by atoms with Crippen molar-refractivity contribution in [2.75, 3.05) is 0 Å². The zero-order valence-corrected chi connectivity index (χ0v) is 12.4. The molecule has 0 N–H and O–H groups in total. The van der Waals surface area contributed by atoms with Crippen LogP contribution in [0.4, 0.5) is 13.2 Å². The lowest BCUT2D eigenvalue weighted by atomic mass is 9.88. The van der Waals surface area contributed by atoms with Crippen LogP contribution in [0.2, 0.25) is 0 Å². The lowest BCUT2D eigenvalue weighted by Crippen LogP contribution is -2.14. The van der Waals surface area contributed by atoms with Gasteiger partial charge in [0.05, 0.1) is 5.56 Å². The summed E-state index contributed by atoms with van der Waals surface area (Å²) in [5.74, 6) is -1.11. The van der Waals surface area contributed by atoms with Gasteiger partial charge in [0.25, 0.3) is 0 Å². The maximum Gasteiger partial charge on any atom is 0.416 e. The first-order valence-corrected chi connectivity index (χ1v) is 7.05. The molecule has 23 heavy (non-hydrogen) atoms. The summed E-state index contributed by atoms with van der Waals surface area (Å²) in [5, 5.41) is 0. The van der Waals surface area contributed by atoms with Crippen LogP contribution >= 0.6 is 0 Å². The molecule has 0 radical (unpaired) electrons. The van der Waals surface area contributed by atoms with E-state index in [0.29, 0.717) is 0 Å². The number of carbonyl (C=O) groups is 2. The van der Waals surface area contributed by atoms with Crippen molar-refractivity contribution < 1.29 is 22.8 Å². The third-order valence-corrected chi connectivity index (χ3v) is 3.62. The molecule has 2 nitrogen and oxygen atoms in total. The Hall–Kier alpha value is -2.43. The summed E-state index contributed by atoms with van der Waals surface area (Å²) in [4.78, 5) is 24.1. The Bertz CT molecular complexity index is 688.